The number of non-ortho nitro benzene ring substituents is 1. The molecule has 0 fully saturated rings. The van der Waals surface area contributed by atoms with Crippen molar-refractivity contribution in [2.24, 2.45) is 4.99 Å². The van der Waals surface area contributed by atoms with Crippen molar-refractivity contribution in [1.29, 1.82) is 0 Å². The molecule has 0 spiro atoms. The van der Waals surface area contributed by atoms with Crippen LogP contribution in [0.25, 0.3) is 0 Å². The van der Waals surface area contributed by atoms with E-state index in [2.05, 4.69) is 10.3 Å². The standard InChI is InChI=1S/C11H13N3O2S.ClH/c15-14(16)10-4-2-9(3-5-10)8-17-11-12-6-1-7-13-11;/h2-5H,1,6-8H2,(H,12,13);1H. The van der Waals surface area contributed by atoms with Crippen LogP contribution in [0, 0.1) is 10.1 Å². The van der Waals surface area contributed by atoms with E-state index in [1.807, 2.05) is 0 Å². The molecule has 2 rings (SSSR count). The number of nitrogens with zero attached hydrogens (tertiary/aromatic N) is 2. The Bertz CT molecular complexity index is 436. The minimum Gasteiger partial charge on any atom is -0.365 e. The molecular formula is C11H14ClN3O2S. The van der Waals surface area contributed by atoms with Gasteiger partial charge in [0.1, 0.15) is 0 Å². The topological polar surface area (TPSA) is 67.5 Å². The molecule has 0 saturated heterocycles. The van der Waals surface area contributed by atoms with Crippen molar-refractivity contribution in [2.75, 3.05) is 13.1 Å². The zero-order chi connectivity index (χ0) is 12.1. The van der Waals surface area contributed by atoms with E-state index in [1.54, 1.807) is 23.9 Å². The first-order valence-corrected chi connectivity index (χ1v) is 6.39. The lowest BCUT2D eigenvalue weighted by molar-refractivity contribution is -0.384. The number of amidine groups is 1. The summed E-state index contributed by atoms with van der Waals surface area (Å²) < 4.78 is 0. The lowest BCUT2D eigenvalue weighted by Crippen LogP contribution is -2.26. The Kier molecular flexibility index (Phi) is 5.94. The van der Waals surface area contributed by atoms with Crippen molar-refractivity contribution in [3.63, 3.8) is 0 Å². The van der Waals surface area contributed by atoms with Gasteiger partial charge in [-0.05, 0) is 12.0 Å². The Morgan fingerprint density at radius 2 is 2.11 bits per heavy atom. The van der Waals surface area contributed by atoms with Crippen LogP contribution in [0.3, 0.4) is 0 Å². The molecule has 98 valence electrons. The minimum absolute atomic E-state index is 0. The van der Waals surface area contributed by atoms with Crippen molar-refractivity contribution < 1.29 is 4.92 Å². The SMILES string of the molecule is Cl.O=[N+]([O-])c1ccc(CSC2=NCCCN2)cc1. The summed E-state index contributed by atoms with van der Waals surface area (Å²) in [4.78, 5) is 14.5. The molecule has 7 heteroatoms. The quantitative estimate of drug-likeness (QED) is 0.685. The number of hydrogen-bond acceptors (Lipinski definition) is 5. The smallest absolute Gasteiger partial charge is 0.269 e. The zero-order valence-electron chi connectivity index (χ0n) is 9.67. The predicted octanol–water partition coefficient (Wildman–Crippen LogP) is 2.60. The summed E-state index contributed by atoms with van der Waals surface area (Å²) in [6.45, 7) is 1.86. The van der Waals surface area contributed by atoms with Gasteiger partial charge in [-0.15, -0.1) is 12.4 Å². The average molecular weight is 288 g/mol. The van der Waals surface area contributed by atoms with Gasteiger partial charge >= 0.3 is 0 Å². The second-order valence-electron chi connectivity index (χ2n) is 3.68. The molecule has 0 bridgehead atoms. The van der Waals surface area contributed by atoms with Gasteiger partial charge in [-0.3, -0.25) is 15.1 Å². The fourth-order valence-electron chi connectivity index (χ4n) is 1.47. The van der Waals surface area contributed by atoms with Gasteiger partial charge in [0.25, 0.3) is 5.69 Å². The number of halogens is 1. The number of nitrogens with one attached hydrogen (secondary N) is 1. The van der Waals surface area contributed by atoms with Crippen LogP contribution in [0.4, 0.5) is 5.69 Å². The van der Waals surface area contributed by atoms with Gasteiger partial charge in [-0.1, -0.05) is 23.9 Å². The molecular weight excluding hydrogens is 274 g/mol. The molecule has 18 heavy (non-hydrogen) atoms. The highest BCUT2D eigenvalue weighted by molar-refractivity contribution is 8.13. The molecule has 1 aromatic carbocycles. The molecule has 1 heterocycles. The van der Waals surface area contributed by atoms with E-state index in [-0.39, 0.29) is 23.0 Å². The fourth-order valence-corrected chi connectivity index (χ4v) is 2.36. The summed E-state index contributed by atoms with van der Waals surface area (Å²) in [6.07, 6.45) is 1.08. The molecule has 0 aliphatic carbocycles. The van der Waals surface area contributed by atoms with Crippen molar-refractivity contribution in [3.05, 3.63) is 39.9 Å². The molecule has 0 amide bonds. The van der Waals surface area contributed by atoms with Gasteiger partial charge in [0.2, 0.25) is 0 Å². The number of rotatable bonds is 3. The van der Waals surface area contributed by atoms with E-state index >= 15 is 0 Å². The van der Waals surface area contributed by atoms with Crippen LogP contribution in [0.15, 0.2) is 29.3 Å². The number of nitro benzene ring substituents is 1. The van der Waals surface area contributed by atoms with E-state index in [0.29, 0.717) is 0 Å². The van der Waals surface area contributed by atoms with E-state index in [0.717, 1.165) is 36.0 Å². The molecule has 0 aromatic heterocycles. The third-order valence-corrected chi connectivity index (χ3v) is 3.41. The first-order valence-electron chi connectivity index (χ1n) is 5.40. The Hall–Kier alpha value is -1.27. The highest BCUT2D eigenvalue weighted by Gasteiger charge is 2.07. The summed E-state index contributed by atoms with van der Waals surface area (Å²) in [5.41, 5.74) is 1.20. The van der Waals surface area contributed by atoms with Crippen molar-refractivity contribution >= 4 is 35.0 Å². The first kappa shape index (κ1) is 14.8. The highest BCUT2D eigenvalue weighted by Crippen LogP contribution is 2.17. The number of hydrogen-bond donors (Lipinski definition) is 1. The zero-order valence-corrected chi connectivity index (χ0v) is 11.3. The van der Waals surface area contributed by atoms with Crippen molar-refractivity contribution in [1.82, 2.24) is 5.32 Å². The summed E-state index contributed by atoms with van der Waals surface area (Å²) in [5, 5.41) is 14.7. The summed E-state index contributed by atoms with van der Waals surface area (Å²) in [7, 11) is 0. The Morgan fingerprint density at radius 3 is 2.67 bits per heavy atom. The fraction of sp³-hybridized carbons (Fsp3) is 0.364. The number of aliphatic imine (C=N–C) groups is 1. The molecule has 1 N–H and O–H groups in total. The second-order valence-corrected chi connectivity index (χ2v) is 4.64. The Morgan fingerprint density at radius 1 is 1.39 bits per heavy atom. The van der Waals surface area contributed by atoms with Gasteiger partial charge in [-0.25, -0.2) is 0 Å². The van der Waals surface area contributed by atoms with Gasteiger partial charge < -0.3 is 5.32 Å². The van der Waals surface area contributed by atoms with Crippen LogP contribution >= 0.6 is 24.2 Å². The van der Waals surface area contributed by atoms with Crippen LogP contribution in [0.2, 0.25) is 0 Å². The molecule has 5 nitrogen and oxygen atoms in total. The molecule has 0 unspecified atom stereocenters. The van der Waals surface area contributed by atoms with E-state index in [9.17, 15) is 10.1 Å². The molecule has 0 radical (unpaired) electrons. The molecule has 1 aromatic rings. The summed E-state index contributed by atoms with van der Waals surface area (Å²) >= 11 is 1.63. The number of nitro groups is 1. The predicted molar refractivity (Wildman–Crippen MR) is 76.6 cm³/mol. The lowest BCUT2D eigenvalue weighted by Gasteiger charge is -2.13. The third-order valence-electron chi connectivity index (χ3n) is 2.39. The van der Waals surface area contributed by atoms with E-state index in [4.69, 9.17) is 0 Å². The summed E-state index contributed by atoms with van der Waals surface area (Å²) in [5.74, 6) is 0.782. The minimum atomic E-state index is -0.385. The monoisotopic (exact) mass is 287 g/mol. The summed E-state index contributed by atoms with van der Waals surface area (Å²) in [6, 6.07) is 6.64. The van der Waals surface area contributed by atoms with Gasteiger partial charge in [0, 0.05) is 31.0 Å². The lowest BCUT2D eigenvalue weighted by atomic mass is 10.2. The largest absolute Gasteiger partial charge is 0.365 e. The number of benzene rings is 1. The maximum absolute atomic E-state index is 10.5. The Labute approximate surface area is 116 Å². The van der Waals surface area contributed by atoms with Crippen molar-refractivity contribution in [2.45, 2.75) is 12.2 Å². The molecule has 0 saturated carbocycles. The number of thioether (sulfide) groups is 1. The average Bonchev–Trinajstić information content (AvgIpc) is 2.38. The molecule has 0 atom stereocenters. The van der Waals surface area contributed by atoms with Crippen LogP contribution in [-0.2, 0) is 5.75 Å². The maximum Gasteiger partial charge on any atom is 0.269 e. The molecule has 1 aliphatic heterocycles. The maximum atomic E-state index is 10.5. The van der Waals surface area contributed by atoms with Crippen LogP contribution in [0.1, 0.15) is 12.0 Å². The normalized spacial score (nSPS) is 14.1. The molecule has 1 aliphatic rings. The van der Waals surface area contributed by atoms with E-state index < -0.39 is 0 Å². The van der Waals surface area contributed by atoms with Gasteiger partial charge in [0.15, 0.2) is 5.17 Å². The second kappa shape index (κ2) is 7.23. The van der Waals surface area contributed by atoms with E-state index in [1.165, 1.54) is 12.1 Å². The highest BCUT2D eigenvalue weighted by atomic mass is 35.5. The third kappa shape index (κ3) is 4.19. The van der Waals surface area contributed by atoms with Gasteiger partial charge in [0.05, 0.1) is 4.92 Å². The van der Waals surface area contributed by atoms with Crippen LogP contribution < -0.4 is 5.32 Å². The van der Waals surface area contributed by atoms with Gasteiger partial charge in [-0.2, -0.15) is 0 Å². The Balaban J connectivity index is 0.00000162. The van der Waals surface area contributed by atoms with Crippen LogP contribution in [-0.4, -0.2) is 23.2 Å². The van der Waals surface area contributed by atoms with Crippen LogP contribution in [0.5, 0.6) is 0 Å². The first-order chi connectivity index (χ1) is 8.25. The van der Waals surface area contributed by atoms with Crippen molar-refractivity contribution in [3.8, 4) is 0 Å².